The lowest BCUT2D eigenvalue weighted by Crippen LogP contribution is -2.36. The van der Waals surface area contributed by atoms with E-state index in [1.807, 2.05) is 4.90 Å². The number of ether oxygens (including phenoxy) is 1. The average molecular weight is 512 g/mol. The van der Waals surface area contributed by atoms with Crippen LogP contribution in [0.2, 0.25) is 0 Å². The van der Waals surface area contributed by atoms with Gasteiger partial charge in [-0.2, -0.15) is 0 Å². The van der Waals surface area contributed by atoms with Crippen LogP contribution in [0.3, 0.4) is 0 Å². The first-order valence-corrected chi connectivity index (χ1v) is 11.3. The number of nitrogens with zero attached hydrogens (tertiary/aromatic N) is 3. The number of fused-ring (bicyclic) bond motifs is 1. The van der Waals surface area contributed by atoms with Gasteiger partial charge in [-0.25, -0.2) is 22.9 Å². The van der Waals surface area contributed by atoms with Gasteiger partial charge in [-0.15, -0.1) is 0 Å². The number of halogens is 3. The number of anilines is 3. The Balaban J connectivity index is 0.00000210. The third-order valence-corrected chi connectivity index (χ3v) is 5.72. The fraction of sp³-hybridized carbons (Fsp3) is 0.154. The van der Waals surface area contributed by atoms with Crippen LogP contribution < -0.4 is 15.5 Å². The number of benzene rings is 3. The van der Waals surface area contributed by atoms with Gasteiger partial charge in [0.15, 0.2) is 5.78 Å². The summed E-state index contributed by atoms with van der Waals surface area (Å²) in [6, 6.07) is 9.91. The molecule has 0 unspecified atom stereocenters. The number of hydrogen-bond donors (Lipinski definition) is 2. The van der Waals surface area contributed by atoms with Crippen molar-refractivity contribution in [3.05, 3.63) is 89.4 Å². The molecule has 1 saturated heterocycles. The van der Waals surface area contributed by atoms with Gasteiger partial charge in [0.1, 0.15) is 23.3 Å². The third-order valence-electron chi connectivity index (χ3n) is 5.72. The van der Waals surface area contributed by atoms with Crippen LogP contribution in [-0.2, 0) is 4.74 Å². The summed E-state index contributed by atoms with van der Waals surface area (Å²) in [5, 5.41) is 4.71. The first kappa shape index (κ1) is 24.2. The molecule has 1 aliphatic rings. The Morgan fingerprint density at radius 3 is 2.35 bits per heavy atom. The molecule has 2 heterocycles. The minimum atomic E-state index is -0.859. The fourth-order valence-corrected chi connectivity index (χ4v) is 3.94. The van der Waals surface area contributed by atoms with Crippen molar-refractivity contribution in [3.63, 3.8) is 0 Å². The quantitative estimate of drug-likeness (QED) is 0.355. The van der Waals surface area contributed by atoms with Crippen molar-refractivity contribution < 1.29 is 30.4 Å². The van der Waals surface area contributed by atoms with Gasteiger partial charge in [0.2, 0.25) is 0 Å². The number of rotatable bonds is 5. The highest BCUT2D eigenvalue weighted by Crippen LogP contribution is 2.23. The molecule has 1 aliphatic heterocycles. The largest absolute Gasteiger partial charge is 0.378 e. The second-order valence-electron chi connectivity index (χ2n) is 8.29. The van der Waals surface area contributed by atoms with Gasteiger partial charge < -0.3 is 20.3 Å². The molecule has 4 aromatic rings. The SMILES string of the molecule is O=C(Nc1cc(F)cc(F)c1)Nc1ccc(F)c(C(=O)c2ccc3ncc(N4CCOCC4)nc3c2)c1.[HH].[HH]. The summed E-state index contributed by atoms with van der Waals surface area (Å²) in [4.78, 5) is 36.5. The highest BCUT2D eigenvalue weighted by Gasteiger charge is 2.18. The molecule has 5 rings (SSSR count). The maximum atomic E-state index is 14.6. The molecule has 11 heteroatoms. The Bertz CT molecular complexity index is 1500. The molecule has 2 amide bonds. The summed E-state index contributed by atoms with van der Waals surface area (Å²) in [5.41, 5.74) is 0.973. The molecule has 37 heavy (non-hydrogen) atoms. The lowest BCUT2D eigenvalue weighted by atomic mass is 10.0. The van der Waals surface area contributed by atoms with E-state index < -0.39 is 29.3 Å². The zero-order chi connectivity index (χ0) is 25.9. The Morgan fingerprint density at radius 2 is 1.59 bits per heavy atom. The third kappa shape index (κ3) is 5.51. The second kappa shape index (κ2) is 10.2. The first-order valence-electron chi connectivity index (χ1n) is 11.3. The highest BCUT2D eigenvalue weighted by molar-refractivity contribution is 6.11. The molecule has 192 valence electrons. The smallest absolute Gasteiger partial charge is 0.323 e. The summed E-state index contributed by atoms with van der Waals surface area (Å²) in [6.07, 6.45) is 1.66. The summed E-state index contributed by atoms with van der Waals surface area (Å²) < 4.78 is 46.7. The van der Waals surface area contributed by atoms with Gasteiger partial charge in [0.05, 0.1) is 36.0 Å². The van der Waals surface area contributed by atoms with Crippen molar-refractivity contribution in [1.29, 1.82) is 0 Å². The molecule has 1 fully saturated rings. The monoisotopic (exact) mass is 511 g/mol. The number of carbonyl (C=O) groups is 2. The van der Waals surface area contributed by atoms with E-state index in [1.54, 1.807) is 18.3 Å². The molecule has 0 saturated carbocycles. The van der Waals surface area contributed by atoms with E-state index in [4.69, 9.17) is 4.74 Å². The molecule has 8 nitrogen and oxygen atoms in total. The van der Waals surface area contributed by atoms with E-state index in [9.17, 15) is 22.8 Å². The maximum Gasteiger partial charge on any atom is 0.323 e. The molecule has 3 aromatic carbocycles. The number of amides is 2. The van der Waals surface area contributed by atoms with Gasteiger partial charge in [-0.3, -0.25) is 9.78 Å². The summed E-state index contributed by atoms with van der Waals surface area (Å²) in [5.74, 6) is -2.46. The summed E-state index contributed by atoms with van der Waals surface area (Å²) in [6.45, 7) is 2.51. The van der Waals surface area contributed by atoms with Crippen LogP contribution >= 0.6 is 0 Å². The van der Waals surface area contributed by atoms with Crippen LogP contribution in [0, 0.1) is 17.5 Å². The first-order chi connectivity index (χ1) is 17.9. The van der Waals surface area contributed by atoms with Gasteiger partial charge in [0, 0.05) is 38.9 Å². The predicted molar refractivity (Wildman–Crippen MR) is 136 cm³/mol. The van der Waals surface area contributed by atoms with E-state index in [1.165, 1.54) is 18.2 Å². The lowest BCUT2D eigenvalue weighted by molar-refractivity contribution is 0.103. The van der Waals surface area contributed by atoms with Gasteiger partial charge >= 0.3 is 6.03 Å². The zero-order valence-electron chi connectivity index (χ0n) is 19.3. The fourth-order valence-electron chi connectivity index (χ4n) is 3.94. The Labute approximate surface area is 212 Å². The van der Waals surface area contributed by atoms with Crippen molar-refractivity contribution in [1.82, 2.24) is 9.97 Å². The van der Waals surface area contributed by atoms with E-state index in [2.05, 4.69) is 20.6 Å². The second-order valence-corrected chi connectivity index (χ2v) is 8.29. The number of ketones is 1. The molecule has 0 radical (unpaired) electrons. The highest BCUT2D eigenvalue weighted by atomic mass is 19.1. The molecule has 1 aromatic heterocycles. The van der Waals surface area contributed by atoms with Crippen molar-refractivity contribution in [3.8, 4) is 0 Å². The molecule has 2 N–H and O–H groups in total. The molecule has 0 spiro atoms. The summed E-state index contributed by atoms with van der Waals surface area (Å²) in [7, 11) is 0. The Kier molecular flexibility index (Phi) is 6.69. The number of aromatic nitrogens is 2. The molecule has 0 atom stereocenters. The van der Waals surface area contributed by atoms with Crippen molar-refractivity contribution >= 4 is 40.0 Å². The predicted octanol–water partition coefficient (Wildman–Crippen LogP) is 5.25. The number of urea groups is 1. The van der Waals surface area contributed by atoms with Crippen LogP contribution in [0.1, 0.15) is 18.8 Å². The topological polar surface area (TPSA) is 96.5 Å². The van der Waals surface area contributed by atoms with Crippen LogP contribution in [0.25, 0.3) is 11.0 Å². The van der Waals surface area contributed by atoms with Crippen LogP contribution in [0.5, 0.6) is 0 Å². The number of carbonyl (C=O) groups excluding carboxylic acids is 2. The standard InChI is InChI=1S/C26H20F3N5O3.2H2/c27-16-10-17(28)12-19(11-16)32-26(36)31-18-2-3-21(29)20(13-18)25(35)15-1-4-22-23(9-15)33-24(14-30-22)34-5-7-37-8-6-34;;/h1-4,9-14H,5-8H2,(H2,31,32,36);2*1H. The van der Waals surface area contributed by atoms with Crippen molar-refractivity contribution in [2.24, 2.45) is 0 Å². The lowest BCUT2D eigenvalue weighted by Gasteiger charge is -2.27. The molecular weight excluding hydrogens is 487 g/mol. The van der Waals surface area contributed by atoms with E-state index in [-0.39, 0.29) is 25.4 Å². The molecular formula is C26H24F3N5O3. The maximum absolute atomic E-state index is 14.6. The van der Waals surface area contributed by atoms with Gasteiger partial charge in [0.25, 0.3) is 0 Å². The number of hydrogen-bond acceptors (Lipinski definition) is 6. The summed E-state index contributed by atoms with van der Waals surface area (Å²) >= 11 is 0. The van der Waals surface area contributed by atoms with Crippen LogP contribution in [0.4, 0.5) is 35.2 Å². The Morgan fingerprint density at radius 1 is 0.865 bits per heavy atom. The normalized spacial score (nSPS) is 13.4. The number of morpholine rings is 1. The van der Waals surface area contributed by atoms with Crippen molar-refractivity contribution in [2.75, 3.05) is 41.8 Å². The molecule has 0 aliphatic carbocycles. The van der Waals surface area contributed by atoms with E-state index in [0.717, 1.165) is 18.2 Å². The van der Waals surface area contributed by atoms with Gasteiger partial charge in [-0.05, 0) is 48.5 Å². The minimum Gasteiger partial charge on any atom is -0.378 e. The minimum absolute atomic E-state index is 0. The van der Waals surface area contributed by atoms with E-state index >= 15 is 0 Å². The zero-order valence-corrected chi connectivity index (χ0v) is 19.3. The Hall–Kier alpha value is -4.51. The molecule has 0 bridgehead atoms. The van der Waals surface area contributed by atoms with Crippen molar-refractivity contribution in [2.45, 2.75) is 0 Å². The number of nitrogens with one attached hydrogen (secondary N) is 2. The van der Waals surface area contributed by atoms with E-state index in [0.29, 0.717) is 49.2 Å². The van der Waals surface area contributed by atoms with Gasteiger partial charge in [-0.1, -0.05) is 0 Å². The average Bonchev–Trinajstić information content (AvgIpc) is 2.88. The van der Waals surface area contributed by atoms with Crippen LogP contribution in [0.15, 0.2) is 60.8 Å². The van der Waals surface area contributed by atoms with Crippen LogP contribution in [-0.4, -0.2) is 48.1 Å².